The Morgan fingerprint density at radius 3 is 2.08 bits per heavy atom. The zero-order valence-electron chi connectivity index (χ0n) is 24.1. The predicted octanol–water partition coefficient (Wildman–Crippen LogP) is 4.74. The van der Waals surface area contributed by atoms with Crippen molar-refractivity contribution in [2.75, 3.05) is 23.7 Å². The molecule has 3 rings (SSSR count). The molecular formula is C32H41N3O4S. The van der Waals surface area contributed by atoms with E-state index in [9.17, 15) is 18.0 Å². The molecule has 0 aromatic heterocycles. The van der Waals surface area contributed by atoms with E-state index >= 15 is 0 Å². The lowest BCUT2D eigenvalue weighted by Gasteiger charge is -2.34. The SMILES string of the molecule is CCc1ccc(N(CC(=O)N(Cc2ccccc2C)[C@H](Cc2ccccc2)C(=O)NCC(C)C)S(C)(=O)=O)cc1. The van der Waals surface area contributed by atoms with Crippen molar-refractivity contribution in [2.24, 2.45) is 5.92 Å². The molecule has 0 unspecified atom stereocenters. The lowest BCUT2D eigenvalue weighted by Crippen LogP contribution is -2.53. The molecule has 8 heteroatoms. The molecule has 40 heavy (non-hydrogen) atoms. The van der Waals surface area contributed by atoms with Gasteiger partial charge in [0.05, 0.1) is 11.9 Å². The summed E-state index contributed by atoms with van der Waals surface area (Å²) in [7, 11) is -3.79. The first-order valence-corrected chi connectivity index (χ1v) is 15.6. The Labute approximate surface area is 239 Å². The van der Waals surface area contributed by atoms with Crippen molar-refractivity contribution in [3.8, 4) is 0 Å². The van der Waals surface area contributed by atoms with Crippen LogP contribution in [0.3, 0.4) is 0 Å². The first-order chi connectivity index (χ1) is 19.0. The molecule has 214 valence electrons. The fraction of sp³-hybridized carbons (Fsp3) is 0.375. The van der Waals surface area contributed by atoms with Crippen molar-refractivity contribution in [1.29, 1.82) is 0 Å². The number of amides is 2. The molecule has 0 aliphatic rings. The smallest absolute Gasteiger partial charge is 0.244 e. The molecule has 3 aromatic carbocycles. The van der Waals surface area contributed by atoms with Gasteiger partial charge in [-0.3, -0.25) is 13.9 Å². The van der Waals surface area contributed by atoms with Gasteiger partial charge in [0.1, 0.15) is 12.6 Å². The van der Waals surface area contributed by atoms with Crippen molar-refractivity contribution in [3.05, 3.63) is 101 Å². The van der Waals surface area contributed by atoms with Gasteiger partial charge in [-0.2, -0.15) is 0 Å². The van der Waals surface area contributed by atoms with Crippen LogP contribution < -0.4 is 9.62 Å². The summed E-state index contributed by atoms with van der Waals surface area (Å²) in [5.41, 5.74) is 4.26. The van der Waals surface area contributed by atoms with Gasteiger partial charge in [-0.05, 0) is 53.6 Å². The van der Waals surface area contributed by atoms with E-state index in [1.807, 2.05) is 94.4 Å². The van der Waals surface area contributed by atoms with Crippen LogP contribution in [-0.4, -0.2) is 50.5 Å². The van der Waals surface area contributed by atoms with E-state index in [4.69, 9.17) is 0 Å². The molecule has 0 radical (unpaired) electrons. The Bertz CT molecular complexity index is 1370. The maximum absolute atomic E-state index is 14.1. The molecule has 0 heterocycles. The lowest BCUT2D eigenvalue weighted by molar-refractivity contribution is -0.140. The highest BCUT2D eigenvalue weighted by molar-refractivity contribution is 7.92. The number of hydrogen-bond acceptors (Lipinski definition) is 4. The molecule has 1 atom stereocenters. The average molecular weight is 564 g/mol. The van der Waals surface area contributed by atoms with Gasteiger partial charge in [0.25, 0.3) is 0 Å². The lowest BCUT2D eigenvalue weighted by atomic mass is 10.0. The molecule has 0 bridgehead atoms. The van der Waals surface area contributed by atoms with Gasteiger partial charge in [-0.1, -0.05) is 87.5 Å². The number of nitrogens with one attached hydrogen (secondary N) is 1. The second-order valence-electron chi connectivity index (χ2n) is 10.6. The number of hydrogen-bond donors (Lipinski definition) is 1. The summed E-state index contributed by atoms with van der Waals surface area (Å²) in [5.74, 6) is -0.486. The van der Waals surface area contributed by atoms with E-state index in [-0.39, 0.29) is 18.4 Å². The number of sulfonamides is 1. The predicted molar refractivity (Wildman–Crippen MR) is 162 cm³/mol. The van der Waals surface area contributed by atoms with Gasteiger partial charge in [-0.15, -0.1) is 0 Å². The average Bonchev–Trinajstić information content (AvgIpc) is 2.93. The van der Waals surface area contributed by atoms with Crippen LogP contribution >= 0.6 is 0 Å². The summed E-state index contributed by atoms with van der Waals surface area (Å²) in [4.78, 5) is 29.3. The number of nitrogens with zero attached hydrogens (tertiary/aromatic N) is 2. The first-order valence-electron chi connectivity index (χ1n) is 13.7. The van der Waals surface area contributed by atoms with Gasteiger partial charge >= 0.3 is 0 Å². The fourth-order valence-corrected chi connectivity index (χ4v) is 5.31. The quantitative estimate of drug-likeness (QED) is 0.326. The van der Waals surface area contributed by atoms with Crippen LogP contribution in [-0.2, 0) is 39.0 Å². The molecule has 0 spiro atoms. The zero-order valence-corrected chi connectivity index (χ0v) is 24.9. The summed E-state index contributed by atoms with van der Waals surface area (Å²) in [6, 6.07) is 23.6. The third-order valence-electron chi connectivity index (χ3n) is 6.87. The molecule has 0 aliphatic heterocycles. The van der Waals surface area contributed by atoms with E-state index in [1.54, 1.807) is 12.1 Å². The van der Waals surface area contributed by atoms with Crippen LogP contribution in [0.1, 0.15) is 43.0 Å². The van der Waals surface area contributed by atoms with Crippen molar-refractivity contribution in [1.82, 2.24) is 10.2 Å². The molecule has 0 saturated heterocycles. The Hall–Kier alpha value is -3.65. The third kappa shape index (κ3) is 8.68. The van der Waals surface area contributed by atoms with Crippen LogP contribution in [0.4, 0.5) is 5.69 Å². The van der Waals surface area contributed by atoms with E-state index in [0.717, 1.165) is 39.2 Å². The van der Waals surface area contributed by atoms with Crippen LogP contribution in [0.25, 0.3) is 0 Å². The second-order valence-corrected chi connectivity index (χ2v) is 12.5. The third-order valence-corrected chi connectivity index (χ3v) is 8.01. The highest BCUT2D eigenvalue weighted by atomic mass is 32.2. The van der Waals surface area contributed by atoms with Gasteiger partial charge in [-0.25, -0.2) is 8.42 Å². The zero-order chi connectivity index (χ0) is 29.3. The minimum absolute atomic E-state index is 0.171. The molecule has 0 saturated carbocycles. The highest BCUT2D eigenvalue weighted by Gasteiger charge is 2.33. The van der Waals surface area contributed by atoms with Gasteiger partial charge in [0.15, 0.2) is 0 Å². The summed E-state index contributed by atoms with van der Waals surface area (Å²) < 4.78 is 26.9. The summed E-state index contributed by atoms with van der Waals surface area (Å²) in [5, 5.41) is 3.00. The van der Waals surface area contributed by atoms with Crippen molar-refractivity contribution in [2.45, 2.75) is 53.1 Å². The van der Waals surface area contributed by atoms with Gasteiger partial charge in [0.2, 0.25) is 21.8 Å². The summed E-state index contributed by atoms with van der Waals surface area (Å²) in [6.45, 7) is 8.22. The Balaban J connectivity index is 2.04. The normalized spacial score (nSPS) is 12.2. The number of benzene rings is 3. The number of carbonyl (C=O) groups excluding carboxylic acids is 2. The number of aryl methyl sites for hydroxylation is 2. The summed E-state index contributed by atoms with van der Waals surface area (Å²) in [6.07, 6.45) is 2.21. The number of anilines is 1. The second kappa shape index (κ2) is 14.1. The Kier molecular flexibility index (Phi) is 10.9. The fourth-order valence-electron chi connectivity index (χ4n) is 4.46. The van der Waals surface area contributed by atoms with Crippen LogP contribution in [0.15, 0.2) is 78.9 Å². The van der Waals surface area contributed by atoms with Crippen molar-refractivity contribution >= 4 is 27.5 Å². The van der Waals surface area contributed by atoms with Crippen LogP contribution in [0, 0.1) is 12.8 Å². The maximum Gasteiger partial charge on any atom is 0.244 e. The van der Waals surface area contributed by atoms with Gasteiger partial charge < -0.3 is 10.2 Å². The topological polar surface area (TPSA) is 86.8 Å². The van der Waals surface area contributed by atoms with E-state index in [0.29, 0.717) is 18.7 Å². The van der Waals surface area contributed by atoms with Crippen molar-refractivity contribution in [3.63, 3.8) is 0 Å². The van der Waals surface area contributed by atoms with E-state index < -0.39 is 28.5 Å². The Morgan fingerprint density at radius 1 is 0.875 bits per heavy atom. The minimum Gasteiger partial charge on any atom is -0.354 e. The highest BCUT2D eigenvalue weighted by Crippen LogP contribution is 2.22. The van der Waals surface area contributed by atoms with Crippen LogP contribution in [0.2, 0.25) is 0 Å². The monoisotopic (exact) mass is 563 g/mol. The molecule has 7 nitrogen and oxygen atoms in total. The van der Waals surface area contributed by atoms with Gasteiger partial charge in [0, 0.05) is 19.5 Å². The molecule has 0 fully saturated rings. The molecule has 0 aliphatic carbocycles. The first kappa shape index (κ1) is 30.9. The van der Waals surface area contributed by atoms with Crippen molar-refractivity contribution < 1.29 is 18.0 Å². The number of rotatable bonds is 13. The van der Waals surface area contributed by atoms with E-state index in [1.165, 1.54) is 4.90 Å². The standard InChI is InChI=1S/C32H41N3O4S/c1-6-26-16-18-29(19-17-26)35(40(5,38)39)23-31(36)34(22-28-15-11-10-12-25(28)4)30(32(37)33-21-24(2)3)20-27-13-8-7-9-14-27/h7-19,24,30H,6,20-23H2,1-5H3,(H,33,37)/t30-/m1/s1. The van der Waals surface area contributed by atoms with Crippen LogP contribution in [0.5, 0.6) is 0 Å². The van der Waals surface area contributed by atoms with E-state index in [2.05, 4.69) is 5.32 Å². The largest absolute Gasteiger partial charge is 0.354 e. The maximum atomic E-state index is 14.1. The molecular weight excluding hydrogens is 522 g/mol. The Morgan fingerprint density at radius 2 is 1.50 bits per heavy atom. The number of carbonyl (C=O) groups is 2. The molecule has 3 aromatic rings. The molecule has 2 amide bonds. The minimum atomic E-state index is -3.79. The summed E-state index contributed by atoms with van der Waals surface area (Å²) >= 11 is 0. The molecule has 1 N–H and O–H groups in total.